The molecule has 0 aliphatic carbocycles. The van der Waals surface area contributed by atoms with Crippen LogP contribution in [0.4, 0.5) is 14.5 Å². The van der Waals surface area contributed by atoms with Crippen LogP contribution in [0.1, 0.15) is 24.8 Å². The Morgan fingerprint density at radius 3 is 2.27 bits per heavy atom. The monoisotopic (exact) mass is 415 g/mol. The zero-order chi connectivity index (χ0) is 21.9. The number of halogens is 2. The Morgan fingerprint density at radius 2 is 1.67 bits per heavy atom. The number of nitrogens with zero attached hydrogens (tertiary/aromatic N) is 3. The zero-order valence-electron chi connectivity index (χ0n) is 16.6. The molecule has 0 saturated heterocycles. The molecule has 2 amide bonds. The molecule has 8 heteroatoms. The molecular weight excluding hydrogens is 392 g/mol. The summed E-state index contributed by atoms with van der Waals surface area (Å²) in [5, 5.41) is 8.84. The standard InChI is InChI=1S/C22H23F2N3O3/c1-26(16-17-8-10-19(11-9-17)30-22(23)24)20(28)12-13-21(29)27(15-5-14-25)18-6-3-2-4-7-18/h2-4,6-11,22H,5,12-13,15-16H2,1H3. The van der Waals surface area contributed by atoms with Crippen molar-refractivity contribution in [3.8, 4) is 11.8 Å². The maximum Gasteiger partial charge on any atom is 0.387 e. The van der Waals surface area contributed by atoms with Gasteiger partial charge in [0.25, 0.3) is 0 Å². The number of anilines is 1. The van der Waals surface area contributed by atoms with Gasteiger partial charge in [0.1, 0.15) is 5.75 Å². The SMILES string of the molecule is CN(Cc1ccc(OC(F)F)cc1)C(=O)CCC(=O)N(CCC#N)c1ccccc1. The number of alkyl halides is 2. The maximum absolute atomic E-state index is 12.6. The lowest BCUT2D eigenvalue weighted by atomic mass is 10.2. The third-order valence-corrected chi connectivity index (χ3v) is 4.36. The molecule has 158 valence electrons. The molecule has 0 aliphatic heterocycles. The van der Waals surface area contributed by atoms with Gasteiger partial charge in [0.2, 0.25) is 11.8 Å². The summed E-state index contributed by atoms with van der Waals surface area (Å²) < 4.78 is 28.7. The predicted octanol–water partition coefficient (Wildman–Crippen LogP) is 3.97. The smallest absolute Gasteiger partial charge is 0.387 e. The van der Waals surface area contributed by atoms with E-state index in [4.69, 9.17) is 5.26 Å². The van der Waals surface area contributed by atoms with Crippen molar-refractivity contribution in [1.82, 2.24) is 4.90 Å². The average molecular weight is 415 g/mol. The van der Waals surface area contributed by atoms with Crippen molar-refractivity contribution in [3.05, 3.63) is 60.2 Å². The van der Waals surface area contributed by atoms with Gasteiger partial charge in [-0.3, -0.25) is 9.59 Å². The molecule has 0 bridgehead atoms. The number of carbonyl (C=O) groups excluding carboxylic acids is 2. The van der Waals surface area contributed by atoms with Gasteiger partial charge in [0.15, 0.2) is 0 Å². The molecule has 0 aliphatic rings. The van der Waals surface area contributed by atoms with Crippen LogP contribution in [0.5, 0.6) is 5.75 Å². The third kappa shape index (κ3) is 7.17. The minimum atomic E-state index is -2.89. The quantitative estimate of drug-likeness (QED) is 0.589. The van der Waals surface area contributed by atoms with E-state index in [2.05, 4.69) is 4.74 Å². The van der Waals surface area contributed by atoms with E-state index in [9.17, 15) is 18.4 Å². The van der Waals surface area contributed by atoms with Gasteiger partial charge >= 0.3 is 6.61 Å². The molecular formula is C22H23F2N3O3. The van der Waals surface area contributed by atoms with Crippen LogP contribution in [0.2, 0.25) is 0 Å². The molecule has 0 atom stereocenters. The number of para-hydroxylation sites is 1. The van der Waals surface area contributed by atoms with Gasteiger partial charge < -0.3 is 14.5 Å². The first-order valence-electron chi connectivity index (χ1n) is 9.40. The van der Waals surface area contributed by atoms with Gasteiger partial charge in [-0.1, -0.05) is 30.3 Å². The molecule has 0 N–H and O–H groups in total. The topological polar surface area (TPSA) is 73.6 Å². The van der Waals surface area contributed by atoms with Gasteiger partial charge in [0, 0.05) is 38.7 Å². The van der Waals surface area contributed by atoms with Crippen LogP contribution in [0.25, 0.3) is 0 Å². The Balaban J connectivity index is 1.89. The summed E-state index contributed by atoms with van der Waals surface area (Å²) in [4.78, 5) is 28.0. The van der Waals surface area contributed by atoms with Crippen molar-refractivity contribution in [1.29, 1.82) is 5.26 Å². The number of rotatable bonds is 10. The second kappa shape index (κ2) is 11.5. The van der Waals surface area contributed by atoms with Crippen LogP contribution in [0, 0.1) is 11.3 Å². The van der Waals surface area contributed by atoms with E-state index in [1.807, 2.05) is 12.1 Å². The molecule has 0 radical (unpaired) electrons. The van der Waals surface area contributed by atoms with Gasteiger partial charge in [-0.15, -0.1) is 0 Å². The van der Waals surface area contributed by atoms with E-state index in [1.165, 1.54) is 21.9 Å². The van der Waals surface area contributed by atoms with Crippen molar-refractivity contribution < 1.29 is 23.1 Å². The minimum absolute atomic E-state index is 0.0185. The van der Waals surface area contributed by atoms with Crippen molar-refractivity contribution in [2.45, 2.75) is 32.4 Å². The molecule has 0 heterocycles. The van der Waals surface area contributed by atoms with Gasteiger partial charge in [-0.2, -0.15) is 14.0 Å². The van der Waals surface area contributed by atoms with Gasteiger partial charge in [-0.25, -0.2) is 0 Å². The number of nitriles is 1. The summed E-state index contributed by atoms with van der Waals surface area (Å²) in [5.74, 6) is -0.400. The average Bonchev–Trinajstić information content (AvgIpc) is 2.74. The van der Waals surface area contributed by atoms with Crippen molar-refractivity contribution in [2.75, 3.05) is 18.5 Å². The highest BCUT2D eigenvalue weighted by Gasteiger charge is 2.18. The molecule has 2 rings (SSSR count). The lowest BCUT2D eigenvalue weighted by Crippen LogP contribution is -2.33. The summed E-state index contributed by atoms with van der Waals surface area (Å²) >= 11 is 0. The van der Waals surface area contributed by atoms with Crippen molar-refractivity contribution in [3.63, 3.8) is 0 Å². The Kier molecular flexibility index (Phi) is 8.75. The molecule has 6 nitrogen and oxygen atoms in total. The van der Waals surface area contributed by atoms with Crippen LogP contribution in [0.3, 0.4) is 0 Å². The van der Waals surface area contributed by atoms with Crippen molar-refractivity contribution in [2.24, 2.45) is 0 Å². The first-order valence-corrected chi connectivity index (χ1v) is 9.40. The fraction of sp³-hybridized carbons (Fsp3) is 0.318. The van der Waals surface area contributed by atoms with Crippen LogP contribution in [-0.2, 0) is 16.1 Å². The summed E-state index contributed by atoms with van der Waals surface area (Å²) in [6.07, 6.45) is 0.238. The normalized spacial score (nSPS) is 10.4. The van der Waals surface area contributed by atoms with E-state index >= 15 is 0 Å². The number of benzene rings is 2. The molecule has 2 aromatic carbocycles. The Labute approximate surface area is 174 Å². The number of hydrogen-bond acceptors (Lipinski definition) is 4. The highest BCUT2D eigenvalue weighted by Crippen LogP contribution is 2.17. The molecule has 0 saturated carbocycles. The first kappa shape index (κ1) is 22.8. The Hall–Kier alpha value is -3.47. The molecule has 0 aromatic heterocycles. The van der Waals surface area contributed by atoms with Crippen LogP contribution < -0.4 is 9.64 Å². The summed E-state index contributed by atoms with van der Waals surface area (Å²) in [6.45, 7) is -2.35. The summed E-state index contributed by atoms with van der Waals surface area (Å²) in [5.41, 5.74) is 1.43. The van der Waals surface area contributed by atoms with Crippen LogP contribution in [-0.4, -0.2) is 36.9 Å². The number of carbonyl (C=O) groups is 2. The van der Waals surface area contributed by atoms with E-state index in [0.717, 1.165) is 5.56 Å². The number of amides is 2. The highest BCUT2D eigenvalue weighted by molar-refractivity contribution is 5.95. The van der Waals surface area contributed by atoms with E-state index in [0.29, 0.717) is 5.69 Å². The number of ether oxygens (including phenoxy) is 1. The van der Waals surface area contributed by atoms with Crippen molar-refractivity contribution >= 4 is 17.5 Å². The zero-order valence-corrected chi connectivity index (χ0v) is 16.6. The van der Waals surface area contributed by atoms with E-state index in [-0.39, 0.29) is 49.9 Å². The van der Waals surface area contributed by atoms with Gasteiger partial charge in [-0.05, 0) is 29.8 Å². The van der Waals surface area contributed by atoms with E-state index < -0.39 is 6.61 Å². The molecule has 30 heavy (non-hydrogen) atoms. The molecule has 0 spiro atoms. The number of hydrogen-bond donors (Lipinski definition) is 0. The fourth-order valence-electron chi connectivity index (χ4n) is 2.85. The summed E-state index contributed by atoms with van der Waals surface area (Å²) in [7, 11) is 1.61. The second-order valence-electron chi connectivity index (χ2n) is 6.56. The largest absolute Gasteiger partial charge is 0.435 e. The first-order chi connectivity index (χ1) is 14.4. The molecule has 0 fully saturated rings. The Morgan fingerprint density at radius 1 is 1.03 bits per heavy atom. The molecule has 0 unspecified atom stereocenters. The maximum atomic E-state index is 12.6. The lowest BCUT2D eigenvalue weighted by Gasteiger charge is -2.22. The highest BCUT2D eigenvalue weighted by atomic mass is 19.3. The van der Waals surface area contributed by atoms with Gasteiger partial charge in [0.05, 0.1) is 12.5 Å². The molecule has 2 aromatic rings. The fourth-order valence-corrected chi connectivity index (χ4v) is 2.85. The summed E-state index contributed by atoms with van der Waals surface area (Å²) in [6, 6.07) is 17.1. The second-order valence-corrected chi connectivity index (χ2v) is 6.56. The van der Waals surface area contributed by atoms with Crippen LogP contribution >= 0.6 is 0 Å². The predicted molar refractivity (Wildman–Crippen MR) is 108 cm³/mol. The lowest BCUT2D eigenvalue weighted by molar-refractivity contribution is -0.132. The van der Waals surface area contributed by atoms with Crippen LogP contribution in [0.15, 0.2) is 54.6 Å². The Bertz CT molecular complexity index is 867. The van der Waals surface area contributed by atoms with E-state index in [1.54, 1.807) is 43.4 Å². The third-order valence-electron chi connectivity index (χ3n) is 4.36. The minimum Gasteiger partial charge on any atom is -0.435 e.